The largest absolute Gasteiger partial charge is 0.491 e. The van der Waals surface area contributed by atoms with Crippen LogP contribution < -0.4 is 9.77 Å². The average molecular weight is 305 g/mol. The van der Waals surface area contributed by atoms with Gasteiger partial charge < -0.3 is 10.0 Å². The van der Waals surface area contributed by atoms with Crippen LogP contribution in [0.25, 0.3) is 0 Å². The molecule has 0 radical (unpaired) electrons. The first kappa shape index (κ1) is 16.6. The van der Waals surface area contributed by atoms with Crippen LogP contribution in [0.1, 0.15) is 39.0 Å². The highest BCUT2D eigenvalue weighted by atomic mass is 32.2. The molecule has 1 atom stereocenters. The number of hydrogen-bond donors (Lipinski definition) is 3. The molecule has 0 aliphatic rings. The van der Waals surface area contributed by atoms with E-state index in [0.29, 0.717) is 5.00 Å². The predicted octanol–water partition coefficient (Wildman–Crippen LogP) is 1.12. The minimum Gasteiger partial charge on any atom is -0.423 e. The summed E-state index contributed by atoms with van der Waals surface area (Å²) in [5.41, 5.74) is -0.316. The van der Waals surface area contributed by atoms with Crippen LogP contribution in [-0.4, -0.2) is 31.5 Å². The Morgan fingerprint density at radius 2 is 2.00 bits per heavy atom. The van der Waals surface area contributed by atoms with Crippen molar-refractivity contribution in [1.82, 2.24) is 0 Å². The Labute approximate surface area is 120 Å². The normalized spacial score (nSPS) is 13.4. The molecule has 1 unspecified atom stereocenters. The van der Waals surface area contributed by atoms with Gasteiger partial charge >= 0.3 is 7.12 Å². The van der Waals surface area contributed by atoms with Crippen molar-refractivity contribution in [3.8, 4) is 0 Å². The standard InChI is InChI=1S/C11H20BNO4S2/c1-5-6-8-7-9(12(14)15)10(18-8)13(19(16)17)11(2,3)4/h7,14-15H,5-6H2,1-4H3,(H,16,17). The number of aryl methyl sites for hydroxylation is 1. The molecule has 0 saturated heterocycles. The smallest absolute Gasteiger partial charge is 0.423 e. The summed E-state index contributed by atoms with van der Waals surface area (Å²) < 4.78 is 22.4. The van der Waals surface area contributed by atoms with E-state index in [1.165, 1.54) is 15.6 Å². The lowest BCUT2D eigenvalue weighted by Gasteiger charge is -2.33. The molecule has 8 heteroatoms. The van der Waals surface area contributed by atoms with E-state index in [0.717, 1.165) is 17.7 Å². The Hall–Kier alpha value is -0.405. The number of anilines is 1. The maximum Gasteiger partial charge on any atom is 0.491 e. The van der Waals surface area contributed by atoms with Crippen molar-refractivity contribution in [2.45, 2.75) is 46.1 Å². The van der Waals surface area contributed by atoms with Crippen molar-refractivity contribution in [2.75, 3.05) is 4.31 Å². The Kier molecular flexibility index (Phi) is 5.58. The highest BCUT2D eigenvalue weighted by Gasteiger charge is 2.33. The lowest BCUT2D eigenvalue weighted by Crippen LogP contribution is -2.46. The van der Waals surface area contributed by atoms with Crippen molar-refractivity contribution >= 4 is 40.2 Å². The van der Waals surface area contributed by atoms with Gasteiger partial charge in [0.1, 0.15) is 5.00 Å². The first-order chi connectivity index (χ1) is 8.68. The van der Waals surface area contributed by atoms with E-state index in [9.17, 15) is 18.8 Å². The van der Waals surface area contributed by atoms with Gasteiger partial charge in [-0.3, -0.25) is 8.86 Å². The van der Waals surface area contributed by atoms with Crippen LogP contribution in [0, 0.1) is 0 Å². The molecule has 5 nitrogen and oxygen atoms in total. The molecule has 0 saturated carbocycles. The van der Waals surface area contributed by atoms with Crippen LogP contribution >= 0.6 is 11.3 Å². The van der Waals surface area contributed by atoms with E-state index in [1.807, 2.05) is 6.92 Å². The highest BCUT2D eigenvalue weighted by molar-refractivity contribution is 7.81. The topological polar surface area (TPSA) is 81.0 Å². The molecular weight excluding hydrogens is 285 g/mol. The molecule has 0 aliphatic heterocycles. The summed E-state index contributed by atoms with van der Waals surface area (Å²) in [6, 6.07) is 1.69. The van der Waals surface area contributed by atoms with E-state index in [2.05, 4.69) is 0 Å². The Bertz CT molecular complexity index is 456. The molecule has 1 rings (SSSR count). The molecule has 0 spiro atoms. The zero-order valence-electron chi connectivity index (χ0n) is 11.6. The van der Waals surface area contributed by atoms with E-state index in [-0.39, 0.29) is 5.46 Å². The molecule has 19 heavy (non-hydrogen) atoms. The van der Waals surface area contributed by atoms with Gasteiger partial charge in [0.05, 0.1) is 0 Å². The zero-order chi connectivity index (χ0) is 14.8. The van der Waals surface area contributed by atoms with Crippen LogP contribution in [0.3, 0.4) is 0 Å². The van der Waals surface area contributed by atoms with Gasteiger partial charge in [0.25, 0.3) is 11.3 Å². The quantitative estimate of drug-likeness (QED) is 0.562. The van der Waals surface area contributed by atoms with Crippen molar-refractivity contribution < 1.29 is 18.8 Å². The summed E-state index contributed by atoms with van der Waals surface area (Å²) in [4.78, 5) is 0.973. The molecule has 108 valence electrons. The summed E-state index contributed by atoms with van der Waals surface area (Å²) in [6.45, 7) is 7.43. The Balaban J connectivity index is 3.32. The number of nitrogens with zero attached hydrogens (tertiary/aromatic N) is 1. The molecule has 0 fully saturated rings. The van der Waals surface area contributed by atoms with E-state index < -0.39 is 23.9 Å². The summed E-state index contributed by atoms with van der Waals surface area (Å²) in [5.74, 6) is 0. The van der Waals surface area contributed by atoms with Crippen LogP contribution in [-0.2, 0) is 17.7 Å². The zero-order valence-corrected chi connectivity index (χ0v) is 13.2. The molecular formula is C11H20BNO4S2. The van der Waals surface area contributed by atoms with Crippen molar-refractivity contribution in [1.29, 1.82) is 0 Å². The maximum atomic E-state index is 11.6. The monoisotopic (exact) mass is 305 g/mol. The molecule has 1 heterocycles. The van der Waals surface area contributed by atoms with Gasteiger partial charge in [0.15, 0.2) is 0 Å². The average Bonchev–Trinajstić information content (AvgIpc) is 2.59. The first-order valence-corrected chi connectivity index (χ1v) is 7.96. The van der Waals surface area contributed by atoms with Crippen LogP contribution in [0.2, 0.25) is 0 Å². The number of rotatable bonds is 5. The predicted molar refractivity (Wildman–Crippen MR) is 81.1 cm³/mol. The maximum absolute atomic E-state index is 11.6. The first-order valence-electron chi connectivity index (χ1n) is 6.08. The number of thiophene rings is 1. The van der Waals surface area contributed by atoms with Gasteiger partial charge in [-0.25, -0.2) is 4.21 Å². The fourth-order valence-electron chi connectivity index (χ4n) is 1.77. The molecule has 0 aromatic carbocycles. The third kappa shape index (κ3) is 4.03. The lowest BCUT2D eigenvalue weighted by molar-refractivity contribution is 0.426. The number of hydrogen-bond acceptors (Lipinski definition) is 4. The summed E-state index contributed by atoms with van der Waals surface area (Å²) in [6.07, 6.45) is 1.74. The van der Waals surface area contributed by atoms with Crippen molar-refractivity contribution in [2.24, 2.45) is 0 Å². The molecule has 1 aromatic heterocycles. The Morgan fingerprint density at radius 1 is 1.42 bits per heavy atom. The molecule has 1 aromatic rings. The third-order valence-electron chi connectivity index (χ3n) is 2.52. The van der Waals surface area contributed by atoms with E-state index >= 15 is 0 Å². The second kappa shape index (κ2) is 6.36. The van der Waals surface area contributed by atoms with Gasteiger partial charge in [-0.1, -0.05) is 13.3 Å². The van der Waals surface area contributed by atoms with Gasteiger partial charge in [0, 0.05) is 15.9 Å². The van der Waals surface area contributed by atoms with Gasteiger partial charge in [-0.15, -0.1) is 11.3 Å². The van der Waals surface area contributed by atoms with Crippen LogP contribution in [0.15, 0.2) is 6.07 Å². The molecule has 3 N–H and O–H groups in total. The van der Waals surface area contributed by atoms with Crippen LogP contribution in [0.5, 0.6) is 0 Å². The summed E-state index contributed by atoms with van der Waals surface area (Å²) in [7, 11) is -1.65. The summed E-state index contributed by atoms with van der Waals surface area (Å²) >= 11 is -0.891. The SMILES string of the molecule is CCCc1cc(B(O)O)c(N(S(=O)O)C(C)(C)C)s1. The van der Waals surface area contributed by atoms with Crippen molar-refractivity contribution in [3.05, 3.63) is 10.9 Å². The lowest BCUT2D eigenvalue weighted by atomic mass is 9.81. The van der Waals surface area contributed by atoms with Crippen molar-refractivity contribution in [3.63, 3.8) is 0 Å². The minimum absolute atomic E-state index is 0.283. The minimum atomic E-state index is -2.22. The third-order valence-corrected chi connectivity index (χ3v) is 4.87. The van der Waals surface area contributed by atoms with Crippen LogP contribution in [0.4, 0.5) is 5.00 Å². The summed E-state index contributed by atoms with van der Waals surface area (Å²) in [5, 5.41) is 19.3. The highest BCUT2D eigenvalue weighted by Crippen LogP contribution is 2.31. The van der Waals surface area contributed by atoms with Gasteiger partial charge in [-0.05, 0) is 33.3 Å². The fraction of sp³-hybridized carbons (Fsp3) is 0.636. The Morgan fingerprint density at radius 3 is 2.37 bits per heavy atom. The molecule has 0 bridgehead atoms. The van der Waals surface area contributed by atoms with Gasteiger partial charge in [0.2, 0.25) is 0 Å². The molecule has 0 amide bonds. The van der Waals surface area contributed by atoms with E-state index in [1.54, 1.807) is 26.8 Å². The fourth-order valence-corrected chi connectivity index (χ4v) is 4.17. The van der Waals surface area contributed by atoms with E-state index in [4.69, 9.17) is 0 Å². The second-order valence-corrected chi connectivity index (χ2v) is 7.23. The second-order valence-electron chi connectivity index (χ2n) is 5.29. The van der Waals surface area contributed by atoms with Gasteiger partial charge in [-0.2, -0.15) is 0 Å². The molecule has 0 aliphatic carbocycles.